The number of aryl methyl sites for hydroxylation is 2. The molecule has 0 atom stereocenters. The minimum atomic E-state index is -0.521. The number of nitrogens with one attached hydrogen (secondary N) is 6. The predicted molar refractivity (Wildman–Crippen MR) is 206 cm³/mol. The number of amidine groups is 1. The molecule has 17 heteroatoms. The number of amides is 4. The van der Waals surface area contributed by atoms with E-state index in [9.17, 15) is 19.2 Å². The number of carbonyl (C=O) groups excluding carboxylic acids is 4. The second-order valence-electron chi connectivity index (χ2n) is 11.6. The lowest BCUT2D eigenvalue weighted by Gasteiger charge is -2.23. The van der Waals surface area contributed by atoms with E-state index in [4.69, 9.17) is 11.1 Å². The minimum Gasteiger partial charge on any atom is -0.388 e. The lowest BCUT2D eigenvalue weighted by Crippen LogP contribution is -2.28. The molecule has 0 saturated carbocycles. The van der Waals surface area contributed by atoms with Gasteiger partial charge in [0.1, 0.15) is 11.4 Å². The second kappa shape index (κ2) is 16.5. The highest BCUT2D eigenvalue weighted by atomic mass is 79.9. The number of anilines is 4. The van der Waals surface area contributed by atoms with E-state index < -0.39 is 11.8 Å². The quantitative estimate of drug-likeness (QED) is 0.0452. The van der Waals surface area contributed by atoms with E-state index in [1.54, 1.807) is 66.0 Å². The topological polar surface area (TPSA) is 208 Å². The van der Waals surface area contributed by atoms with Gasteiger partial charge in [-0.25, -0.2) is 4.98 Å². The number of nitrogens with two attached hydrogens (primary N) is 1. The number of benzene rings is 2. The summed E-state index contributed by atoms with van der Waals surface area (Å²) in [6.07, 6.45) is 3.43. The monoisotopic (exact) mass is 821 g/mol. The standard InChI is InChI=1S/C34H37Br2N11O4/c1-45-18-22(16-27(45)32(49)39-12-9-29(37)38)41-33(50)28-17-23(19-46(28)2)42-34(51)30-43-25-8-5-21(15-26(25)44-30)40-31(48)20-3-6-24(7-4-20)47(13-10-35)14-11-36/h3-8,15-19H,9-14H2,1-2H3,(H3,37,38)(H,39,49)(H,40,48)(H,41,50)(H,42,51)(H,43,44). The van der Waals surface area contributed by atoms with Gasteiger partial charge in [-0.15, -0.1) is 0 Å². The van der Waals surface area contributed by atoms with E-state index in [0.29, 0.717) is 39.4 Å². The van der Waals surface area contributed by atoms with Crippen LogP contribution in [0.2, 0.25) is 0 Å². The highest BCUT2D eigenvalue weighted by molar-refractivity contribution is 9.09. The van der Waals surface area contributed by atoms with E-state index in [2.05, 4.69) is 68.0 Å². The molecule has 8 N–H and O–H groups in total. The van der Waals surface area contributed by atoms with Crippen LogP contribution in [0.25, 0.3) is 11.0 Å². The number of aromatic nitrogens is 4. The van der Waals surface area contributed by atoms with Gasteiger partial charge in [-0.1, -0.05) is 31.9 Å². The van der Waals surface area contributed by atoms with Gasteiger partial charge in [0.2, 0.25) is 0 Å². The smallest absolute Gasteiger partial charge is 0.291 e. The van der Waals surface area contributed by atoms with Crippen LogP contribution in [0.1, 0.15) is 48.4 Å². The number of halogens is 2. The summed E-state index contributed by atoms with van der Waals surface area (Å²) in [5, 5.41) is 20.1. The van der Waals surface area contributed by atoms with Crippen molar-refractivity contribution in [3.63, 3.8) is 0 Å². The van der Waals surface area contributed by atoms with E-state index in [-0.39, 0.29) is 42.1 Å². The van der Waals surface area contributed by atoms with Gasteiger partial charge in [0.25, 0.3) is 23.6 Å². The van der Waals surface area contributed by atoms with Gasteiger partial charge >= 0.3 is 0 Å². The molecule has 0 radical (unpaired) electrons. The van der Waals surface area contributed by atoms with Crippen molar-refractivity contribution in [1.29, 1.82) is 5.41 Å². The van der Waals surface area contributed by atoms with Gasteiger partial charge in [-0.05, 0) is 54.6 Å². The molecule has 0 fully saturated rings. The minimum absolute atomic E-state index is 0.0285. The van der Waals surface area contributed by atoms with Crippen molar-refractivity contribution in [2.75, 3.05) is 51.1 Å². The molecular weight excluding hydrogens is 786 g/mol. The molecule has 0 bridgehead atoms. The van der Waals surface area contributed by atoms with Gasteiger partial charge in [-0.2, -0.15) is 0 Å². The van der Waals surface area contributed by atoms with E-state index in [1.807, 2.05) is 12.1 Å². The fourth-order valence-corrected chi connectivity index (χ4v) is 6.16. The molecule has 0 aliphatic carbocycles. The molecular formula is C34H37Br2N11O4. The zero-order valence-electron chi connectivity index (χ0n) is 27.8. The van der Waals surface area contributed by atoms with Gasteiger partial charge in [-0.3, -0.25) is 24.6 Å². The Morgan fingerprint density at radius 3 is 2.00 bits per heavy atom. The SMILES string of the molecule is Cn1cc(NC(=O)c2cc(NC(=O)c3nc4ccc(NC(=O)c5ccc(N(CCBr)CCBr)cc5)cc4[nH]3)cn2C)cc1C(=O)NCCC(=N)N. The molecule has 3 aromatic heterocycles. The Bertz CT molecular complexity index is 2080. The molecule has 0 aliphatic heterocycles. The Balaban J connectivity index is 1.20. The maximum atomic E-state index is 13.1. The van der Waals surface area contributed by atoms with Crippen LogP contribution < -0.4 is 31.9 Å². The number of alkyl halides is 2. The second-order valence-corrected chi connectivity index (χ2v) is 13.2. The van der Waals surface area contributed by atoms with Crippen LogP contribution in [0.15, 0.2) is 67.0 Å². The number of aromatic amines is 1. The molecule has 266 valence electrons. The molecule has 51 heavy (non-hydrogen) atoms. The van der Waals surface area contributed by atoms with Gasteiger partial charge < -0.3 is 46.0 Å². The first-order valence-corrected chi connectivity index (χ1v) is 18.0. The van der Waals surface area contributed by atoms with E-state index in [0.717, 1.165) is 29.4 Å². The molecule has 4 amide bonds. The largest absolute Gasteiger partial charge is 0.388 e. The summed E-state index contributed by atoms with van der Waals surface area (Å²) in [5.41, 5.74) is 9.84. The maximum Gasteiger partial charge on any atom is 0.291 e. The first-order valence-electron chi connectivity index (χ1n) is 15.8. The summed E-state index contributed by atoms with van der Waals surface area (Å²) in [4.78, 5) is 61.3. The Labute approximate surface area is 310 Å². The van der Waals surface area contributed by atoms with Crippen LogP contribution in [0, 0.1) is 5.41 Å². The summed E-state index contributed by atoms with van der Waals surface area (Å²) in [5.74, 6) is -1.59. The zero-order valence-corrected chi connectivity index (χ0v) is 31.0. The van der Waals surface area contributed by atoms with Crippen LogP contribution in [0.5, 0.6) is 0 Å². The van der Waals surface area contributed by atoms with Crippen molar-refractivity contribution in [1.82, 2.24) is 24.4 Å². The normalized spacial score (nSPS) is 10.9. The molecule has 0 saturated heterocycles. The molecule has 0 spiro atoms. The van der Waals surface area contributed by atoms with Crippen molar-refractivity contribution in [3.05, 3.63) is 89.8 Å². The van der Waals surface area contributed by atoms with Gasteiger partial charge in [0.05, 0.1) is 28.2 Å². The lowest BCUT2D eigenvalue weighted by atomic mass is 10.1. The number of hydrogen-bond acceptors (Lipinski definition) is 7. The van der Waals surface area contributed by atoms with E-state index in [1.165, 1.54) is 12.1 Å². The molecule has 15 nitrogen and oxygen atoms in total. The number of fused-ring (bicyclic) bond motifs is 1. The maximum absolute atomic E-state index is 13.1. The average Bonchev–Trinajstić information content (AvgIpc) is 3.80. The van der Waals surface area contributed by atoms with Crippen LogP contribution in [-0.2, 0) is 14.1 Å². The van der Waals surface area contributed by atoms with Crippen LogP contribution in [0.3, 0.4) is 0 Å². The summed E-state index contributed by atoms with van der Waals surface area (Å²) in [6, 6.07) is 15.6. The highest BCUT2D eigenvalue weighted by Gasteiger charge is 2.19. The Morgan fingerprint density at radius 1 is 0.804 bits per heavy atom. The van der Waals surface area contributed by atoms with Gasteiger partial charge in [0, 0.05) is 80.1 Å². The summed E-state index contributed by atoms with van der Waals surface area (Å²) >= 11 is 6.97. The number of rotatable bonds is 15. The summed E-state index contributed by atoms with van der Waals surface area (Å²) < 4.78 is 3.14. The van der Waals surface area contributed by atoms with Crippen LogP contribution >= 0.6 is 31.9 Å². The van der Waals surface area contributed by atoms with Crippen molar-refractivity contribution in [3.8, 4) is 0 Å². The number of nitrogens with zero attached hydrogens (tertiary/aromatic N) is 4. The van der Waals surface area contributed by atoms with Crippen LogP contribution in [0.4, 0.5) is 22.7 Å². The lowest BCUT2D eigenvalue weighted by molar-refractivity contribution is 0.0944. The van der Waals surface area contributed by atoms with Gasteiger partial charge in [0.15, 0.2) is 5.82 Å². The van der Waals surface area contributed by atoms with Crippen LogP contribution in [-0.4, -0.2) is 78.9 Å². The summed E-state index contributed by atoms with van der Waals surface area (Å²) in [7, 11) is 3.34. The van der Waals surface area contributed by atoms with E-state index >= 15 is 0 Å². The fourth-order valence-electron chi connectivity index (χ4n) is 5.30. The highest BCUT2D eigenvalue weighted by Crippen LogP contribution is 2.22. The third kappa shape index (κ3) is 9.23. The molecule has 5 aromatic rings. The molecule has 2 aromatic carbocycles. The number of hydrogen-bond donors (Lipinski definition) is 7. The fraction of sp³-hybridized carbons (Fsp3) is 0.235. The Hall–Kier alpha value is -5.42. The molecule has 0 aliphatic rings. The number of carbonyl (C=O) groups is 4. The first-order chi connectivity index (χ1) is 24.4. The van der Waals surface area contributed by atoms with Crippen molar-refractivity contribution >= 4 is 95.1 Å². The van der Waals surface area contributed by atoms with Crippen molar-refractivity contribution in [2.24, 2.45) is 19.8 Å². The first kappa shape index (κ1) is 36.9. The number of imidazole rings is 1. The number of H-pyrrole nitrogens is 1. The molecule has 5 rings (SSSR count). The third-order valence-electron chi connectivity index (χ3n) is 7.83. The molecule has 3 heterocycles. The zero-order chi connectivity index (χ0) is 36.7. The molecule has 0 unspecified atom stereocenters. The van der Waals surface area contributed by atoms with Crippen molar-refractivity contribution in [2.45, 2.75) is 6.42 Å². The Morgan fingerprint density at radius 2 is 1.39 bits per heavy atom. The predicted octanol–water partition coefficient (Wildman–Crippen LogP) is 4.65. The third-order valence-corrected chi connectivity index (χ3v) is 8.54. The average molecular weight is 824 g/mol. The van der Waals surface area contributed by atoms with Crippen molar-refractivity contribution < 1.29 is 19.2 Å². The Kier molecular flexibility index (Phi) is 11.9. The summed E-state index contributed by atoms with van der Waals surface area (Å²) in [6.45, 7) is 1.91.